The molecule has 15 heavy (non-hydrogen) atoms. The average molecular weight is 210 g/mol. The van der Waals surface area contributed by atoms with Crippen LogP contribution in [0.25, 0.3) is 0 Å². The lowest BCUT2D eigenvalue weighted by atomic mass is 10.2. The quantitative estimate of drug-likeness (QED) is 0.717. The number of nitrogens with two attached hydrogens (primary N) is 2. The van der Waals surface area contributed by atoms with Crippen LogP contribution in [0.2, 0.25) is 0 Å². The van der Waals surface area contributed by atoms with Crippen LogP contribution in [0.15, 0.2) is 18.2 Å². The first-order chi connectivity index (χ1) is 7.17. The molecule has 0 unspecified atom stereocenters. The molecule has 5 nitrogen and oxygen atoms in total. The molecular formula is C10H14N2O3. The van der Waals surface area contributed by atoms with Gasteiger partial charge in [-0.2, -0.15) is 0 Å². The molecule has 0 atom stereocenters. The van der Waals surface area contributed by atoms with E-state index >= 15 is 0 Å². The van der Waals surface area contributed by atoms with E-state index in [2.05, 4.69) is 0 Å². The molecule has 0 aliphatic heterocycles. The van der Waals surface area contributed by atoms with Gasteiger partial charge in [0.1, 0.15) is 11.5 Å². The Kier molecular flexibility index (Phi) is 3.93. The molecule has 0 saturated heterocycles. The van der Waals surface area contributed by atoms with Gasteiger partial charge in [-0.1, -0.05) is 0 Å². The van der Waals surface area contributed by atoms with Crippen LogP contribution in [0.1, 0.15) is 5.56 Å². The number of carbonyl (C=O) groups excluding carboxylic acids is 1. The minimum Gasteiger partial charge on any atom is -0.497 e. The van der Waals surface area contributed by atoms with Crippen LogP contribution in [0.5, 0.6) is 11.5 Å². The highest BCUT2D eigenvalue weighted by atomic mass is 16.5. The van der Waals surface area contributed by atoms with Crippen LogP contribution in [-0.2, 0) is 11.3 Å². The zero-order chi connectivity index (χ0) is 11.3. The number of hydrogen-bond acceptors (Lipinski definition) is 4. The Hall–Kier alpha value is -1.75. The second-order valence-electron chi connectivity index (χ2n) is 2.93. The maximum Gasteiger partial charge on any atom is 0.255 e. The van der Waals surface area contributed by atoms with Gasteiger partial charge in [0.2, 0.25) is 0 Å². The number of amides is 1. The summed E-state index contributed by atoms with van der Waals surface area (Å²) >= 11 is 0. The second kappa shape index (κ2) is 5.21. The van der Waals surface area contributed by atoms with E-state index in [9.17, 15) is 4.79 Å². The number of primary amides is 1. The standard InChI is InChI=1S/C10H14N2O3/c1-14-8-2-3-9(7(4-8)5-11)15-6-10(12)13/h2-4H,5-6,11H2,1H3,(H2,12,13). The summed E-state index contributed by atoms with van der Waals surface area (Å²) in [5.74, 6) is 0.729. The molecule has 0 fully saturated rings. The fourth-order valence-electron chi connectivity index (χ4n) is 1.13. The molecule has 5 heteroatoms. The molecule has 0 bridgehead atoms. The predicted molar refractivity (Wildman–Crippen MR) is 55.6 cm³/mol. The molecule has 1 aromatic rings. The molecule has 1 aromatic carbocycles. The second-order valence-corrected chi connectivity index (χ2v) is 2.93. The fourth-order valence-corrected chi connectivity index (χ4v) is 1.13. The zero-order valence-electron chi connectivity index (χ0n) is 8.53. The van der Waals surface area contributed by atoms with Crippen molar-refractivity contribution < 1.29 is 14.3 Å². The van der Waals surface area contributed by atoms with Crippen LogP contribution in [-0.4, -0.2) is 19.6 Å². The Labute approximate surface area is 88.0 Å². The third-order valence-corrected chi connectivity index (χ3v) is 1.86. The maximum atomic E-state index is 10.5. The fraction of sp³-hybridized carbons (Fsp3) is 0.300. The van der Waals surface area contributed by atoms with E-state index in [1.807, 2.05) is 0 Å². The minimum absolute atomic E-state index is 0.153. The van der Waals surface area contributed by atoms with Gasteiger partial charge in [0.15, 0.2) is 6.61 Å². The largest absolute Gasteiger partial charge is 0.497 e. The summed E-state index contributed by atoms with van der Waals surface area (Å²) in [5, 5.41) is 0. The number of ether oxygens (including phenoxy) is 2. The van der Waals surface area contributed by atoms with Gasteiger partial charge in [-0.25, -0.2) is 0 Å². The van der Waals surface area contributed by atoms with Crippen molar-refractivity contribution >= 4 is 5.91 Å². The molecule has 0 aliphatic rings. The summed E-state index contributed by atoms with van der Waals surface area (Å²) < 4.78 is 10.2. The van der Waals surface area contributed by atoms with Crippen molar-refractivity contribution in [3.05, 3.63) is 23.8 Å². The monoisotopic (exact) mass is 210 g/mol. The Morgan fingerprint density at radius 1 is 1.47 bits per heavy atom. The molecule has 0 aromatic heterocycles. The lowest BCUT2D eigenvalue weighted by Crippen LogP contribution is -2.20. The van der Waals surface area contributed by atoms with Crippen LogP contribution >= 0.6 is 0 Å². The van der Waals surface area contributed by atoms with Crippen molar-refractivity contribution in [1.29, 1.82) is 0 Å². The Morgan fingerprint density at radius 2 is 2.20 bits per heavy atom. The molecular weight excluding hydrogens is 196 g/mol. The third kappa shape index (κ3) is 3.14. The van der Waals surface area contributed by atoms with Crippen LogP contribution in [0, 0.1) is 0 Å². The number of hydrogen-bond donors (Lipinski definition) is 2. The molecule has 1 rings (SSSR count). The zero-order valence-corrected chi connectivity index (χ0v) is 8.53. The topological polar surface area (TPSA) is 87.6 Å². The summed E-state index contributed by atoms with van der Waals surface area (Å²) in [4.78, 5) is 10.5. The van der Waals surface area contributed by atoms with E-state index < -0.39 is 5.91 Å². The minimum atomic E-state index is -0.520. The van der Waals surface area contributed by atoms with Gasteiger partial charge in [-0.15, -0.1) is 0 Å². The van der Waals surface area contributed by atoms with Crippen molar-refractivity contribution in [3.8, 4) is 11.5 Å². The molecule has 0 spiro atoms. The summed E-state index contributed by atoms with van der Waals surface area (Å²) in [5.41, 5.74) is 11.3. The van der Waals surface area contributed by atoms with E-state index in [1.165, 1.54) is 0 Å². The highest BCUT2D eigenvalue weighted by Crippen LogP contribution is 2.23. The van der Waals surface area contributed by atoms with Crippen molar-refractivity contribution in [2.75, 3.05) is 13.7 Å². The van der Waals surface area contributed by atoms with Gasteiger partial charge in [0.25, 0.3) is 5.91 Å². The Balaban J connectivity index is 2.82. The molecule has 0 radical (unpaired) electrons. The van der Waals surface area contributed by atoms with Gasteiger partial charge in [0.05, 0.1) is 7.11 Å². The molecule has 0 aliphatic carbocycles. The number of methoxy groups -OCH3 is 1. The first kappa shape index (κ1) is 11.3. The van der Waals surface area contributed by atoms with Crippen molar-refractivity contribution in [1.82, 2.24) is 0 Å². The summed E-state index contributed by atoms with van der Waals surface area (Å²) in [6, 6.07) is 5.19. The van der Waals surface area contributed by atoms with E-state index in [4.69, 9.17) is 20.9 Å². The van der Waals surface area contributed by atoms with Gasteiger partial charge in [0, 0.05) is 12.1 Å². The highest BCUT2D eigenvalue weighted by Gasteiger charge is 2.05. The van der Waals surface area contributed by atoms with Crippen LogP contribution in [0.4, 0.5) is 0 Å². The third-order valence-electron chi connectivity index (χ3n) is 1.86. The van der Waals surface area contributed by atoms with E-state index in [0.717, 1.165) is 5.56 Å². The maximum absolute atomic E-state index is 10.5. The van der Waals surface area contributed by atoms with Gasteiger partial charge in [-0.05, 0) is 18.2 Å². The van der Waals surface area contributed by atoms with Crippen molar-refractivity contribution in [2.45, 2.75) is 6.54 Å². The van der Waals surface area contributed by atoms with E-state index in [-0.39, 0.29) is 6.61 Å². The molecule has 4 N–H and O–H groups in total. The van der Waals surface area contributed by atoms with Crippen LogP contribution < -0.4 is 20.9 Å². The first-order valence-corrected chi connectivity index (χ1v) is 4.45. The number of benzene rings is 1. The lowest BCUT2D eigenvalue weighted by Gasteiger charge is -2.10. The Bertz CT molecular complexity index is 353. The summed E-state index contributed by atoms with van der Waals surface area (Å²) in [7, 11) is 1.57. The van der Waals surface area contributed by atoms with E-state index in [0.29, 0.717) is 18.0 Å². The SMILES string of the molecule is COc1ccc(OCC(N)=O)c(CN)c1. The van der Waals surface area contributed by atoms with E-state index in [1.54, 1.807) is 25.3 Å². The Morgan fingerprint density at radius 3 is 2.73 bits per heavy atom. The lowest BCUT2D eigenvalue weighted by molar-refractivity contribution is -0.119. The summed E-state index contributed by atoms with van der Waals surface area (Å²) in [6.07, 6.45) is 0. The number of rotatable bonds is 5. The molecule has 0 heterocycles. The molecule has 1 amide bonds. The smallest absolute Gasteiger partial charge is 0.255 e. The van der Waals surface area contributed by atoms with Gasteiger partial charge in [-0.3, -0.25) is 4.79 Å². The van der Waals surface area contributed by atoms with Gasteiger partial charge < -0.3 is 20.9 Å². The normalized spacial score (nSPS) is 9.73. The highest BCUT2D eigenvalue weighted by molar-refractivity contribution is 5.75. The molecule has 0 saturated carbocycles. The first-order valence-electron chi connectivity index (χ1n) is 4.45. The average Bonchev–Trinajstić information content (AvgIpc) is 2.25. The van der Waals surface area contributed by atoms with Gasteiger partial charge >= 0.3 is 0 Å². The number of carbonyl (C=O) groups is 1. The summed E-state index contributed by atoms with van der Waals surface area (Å²) in [6.45, 7) is 0.157. The molecule has 82 valence electrons. The van der Waals surface area contributed by atoms with Crippen molar-refractivity contribution in [2.24, 2.45) is 11.5 Å². The van der Waals surface area contributed by atoms with Crippen LogP contribution in [0.3, 0.4) is 0 Å². The predicted octanol–water partition coefficient (Wildman–Crippen LogP) is 0.0180. The van der Waals surface area contributed by atoms with Crippen molar-refractivity contribution in [3.63, 3.8) is 0 Å².